The van der Waals surface area contributed by atoms with Crippen LogP contribution in [0.4, 0.5) is 34.1 Å². The van der Waals surface area contributed by atoms with Crippen LogP contribution < -0.4 is 14.5 Å². The molecule has 0 saturated carbocycles. The molecule has 0 amide bonds. The lowest BCUT2D eigenvalue weighted by atomic mass is 9.99. The number of fused-ring (bicyclic) bond motifs is 2. The fourth-order valence-corrected chi connectivity index (χ4v) is 8.23. The number of hydrogen-bond donors (Lipinski definition) is 1. The molecule has 7 aromatic rings. The number of aliphatic hydroxyl groups is 1. The predicted molar refractivity (Wildman–Crippen MR) is 223 cm³/mol. The van der Waals surface area contributed by atoms with Crippen LogP contribution >= 0.6 is 0 Å². The number of anilines is 6. The van der Waals surface area contributed by atoms with Crippen molar-refractivity contribution in [1.29, 1.82) is 0 Å². The maximum Gasteiger partial charge on any atom is 0.119 e. The van der Waals surface area contributed by atoms with Crippen molar-refractivity contribution in [2.75, 3.05) is 16.9 Å². The smallest absolute Gasteiger partial charge is 0.119 e. The van der Waals surface area contributed by atoms with E-state index in [1.54, 1.807) is 7.11 Å². The summed E-state index contributed by atoms with van der Waals surface area (Å²) in [5.41, 5.74) is 18.2. The average Bonchev–Trinajstić information content (AvgIpc) is 3.92. The molecule has 0 radical (unpaired) electrons. The number of hydrogen-bond acceptors (Lipinski definition) is 4. The number of ether oxygens (including phenoxy) is 1. The molecule has 54 heavy (non-hydrogen) atoms. The van der Waals surface area contributed by atoms with E-state index in [1.165, 1.54) is 75.9 Å². The van der Waals surface area contributed by atoms with Gasteiger partial charge in [-0.3, -0.25) is 0 Å². The molecule has 1 N–H and O–H groups in total. The van der Waals surface area contributed by atoms with E-state index in [4.69, 9.17) is 4.74 Å². The molecule has 0 spiro atoms. The van der Waals surface area contributed by atoms with Crippen LogP contribution in [0.5, 0.6) is 5.75 Å². The molecule has 0 aromatic heterocycles. The van der Waals surface area contributed by atoms with Crippen LogP contribution in [0.15, 0.2) is 158 Å². The standard InChI is InChI=1S/C50H44N2O2/c1-54-50-30-28-47(29-31-50)52(49-27-19-37-5-3-7-43(37)33-49)46-24-16-41(17-25-46)39-12-10-38(11-13-39)40-14-22-45(23-15-40)51(44-20-8-35(34-53)9-21-44)48-26-18-36-4-2-6-42(36)32-48/h8-33,53H,2-7,34H2,1H3. The van der Waals surface area contributed by atoms with E-state index in [-0.39, 0.29) is 6.61 Å². The first kappa shape index (κ1) is 33.7. The SMILES string of the molecule is COc1ccc(N(c2ccc(-c3ccc(-c4ccc(N(c5ccc(CO)cc5)c5ccc6c(c5)CCC6)cc4)cc3)cc2)c2ccc3c(c2)CCC3)cc1. The van der Waals surface area contributed by atoms with E-state index in [2.05, 4.69) is 143 Å². The third-order valence-electron chi connectivity index (χ3n) is 11.2. The average molecular weight is 705 g/mol. The summed E-state index contributed by atoms with van der Waals surface area (Å²) in [6, 6.07) is 57.0. The van der Waals surface area contributed by atoms with Gasteiger partial charge in [-0.2, -0.15) is 0 Å². The van der Waals surface area contributed by atoms with Gasteiger partial charge in [0.1, 0.15) is 5.75 Å². The first-order chi connectivity index (χ1) is 26.6. The summed E-state index contributed by atoms with van der Waals surface area (Å²) in [6.45, 7) is 0.0384. The quantitative estimate of drug-likeness (QED) is 0.154. The lowest BCUT2D eigenvalue weighted by molar-refractivity contribution is 0.282. The Morgan fingerprint density at radius 3 is 1.13 bits per heavy atom. The molecule has 9 rings (SSSR count). The van der Waals surface area contributed by atoms with E-state index < -0.39 is 0 Å². The molecular weight excluding hydrogens is 661 g/mol. The van der Waals surface area contributed by atoms with E-state index in [0.29, 0.717) is 0 Å². The number of methoxy groups -OCH3 is 1. The summed E-state index contributed by atoms with van der Waals surface area (Å²) in [7, 11) is 1.71. The Morgan fingerprint density at radius 1 is 0.407 bits per heavy atom. The summed E-state index contributed by atoms with van der Waals surface area (Å²) in [4.78, 5) is 4.65. The summed E-state index contributed by atoms with van der Waals surface area (Å²) >= 11 is 0. The van der Waals surface area contributed by atoms with Gasteiger partial charge in [0.2, 0.25) is 0 Å². The highest BCUT2D eigenvalue weighted by Crippen LogP contribution is 2.40. The minimum absolute atomic E-state index is 0.0384. The summed E-state index contributed by atoms with van der Waals surface area (Å²) in [5.74, 6) is 0.851. The predicted octanol–water partition coefficient (Wildman–Crippen LogP) is 12.4. The fourth-order valence-electron chi connectivity index (χ4n) is 8.23. The zero-order valence-electron chi connectivity index (χ0n) is 30.7. The van der Waals surface area contributed by atoms with E-state index in [1.807, 2.05) is 24.3 Å². The Kier molecular flexibility index (Phi) is 9.20. The maximum atomic E-state index is 9.66. The van der Waals surface area contributed by atoms with Gasteiger partial charge in [0.15, 0.2) is 0 Å². The molecule has 2 aliphatic carbocycles. The largest absolute Gasteiger partial charge is 0.497 e. The summed E-state index contributed by atoms with van der Waals surface area (Å²) in [5, 5.41) is 9.66. The second kappa shape index (κ2) is 14.7. The number of aliphatic hydroxyl groups excluding tert-OH is 1. The first-order valence-corrected chi connectivity index (χ1v) is 19.1. The van der Waals surface area contributed by atoms with Crippen LogP contribution in [0.3, 0.4) is 0 Å². The third-order valence-corrected chi connectivity index (χ3v) is 11.2. The van der Waals surface area contributed by atoms with E-state index in [0.717, 1.165) is 52.6 Å². The van der Waals surface area contributed by atoms with Crippen LogP contribution in [0.25, 0.3) is 22.3 Å². The highest BCUT2D eigenvalue weighted by Gasteiger charge is 2.19. The van der Waals surface area contributed by atoms with Crippen LogP contribution in [-0.2, 0) is 32.3 Å². The molecule has 4 heteroatoms. The molecule has 266 valence electrons. The van der Waals surface area contributed by atoms with Gasteiger partial charge in [-0.05, 0) is 174 Å². The highest BCUT2D eigenvalue weighted by molar-refractivity contribution is 5.81. The molecule has 0 saturated heterocycles. The molecule has 4 nitrogen and oxygen atoms in total. The van der Waals surface area contributed by atoms with Crippen LogP contribution in [0.2, 0.25) is 0 Å². The van der Waals surface area contributed by atoms with Gasteiger partial charge in [-0.15, -0.1) is 0 Å². The Labute approximate surface area is 318 Å². The number of rotatable bonds is 10. The molecule has 0 fully saturated rings. The molecule has 0 aliphatic heterocycles. The van der Waals surface area contributed by atoms with Crippen molar-refractivity contribution in [1.82, 2.24) is 0 Å². The molecule has 0 atom stereocenters. The lowest BCUT2D eigenvalue weighted by Gasteiger charge is -2.26. The summed E-state index contributed by atoms with van der Waals surface area (Å²) < 4.78 is 5.46. The van der Waals surface area contributed by atoms with Gasteiger partial charge in [0.05, 0.1) is 13.7 Å². The van der Waals surface area contributed by atoms with E-state index >= 15 is 0 Å². The van der Waals surface area contributed by atoms with Gasteiger partial charge < -0.3 is 19.6 Å². The molecular formula is C50H44N2O2. The number of nitrogens with zero attached hydrogens (tertiary/aromatic N) is 2. The number of benzene rings is 7. The third kappa shape index (κ3) is 6.66. The minimum atomic E-state index is 0.0384. The van der Waals surface area contributed by atoms with Gasteiger partial charge >= 0.3 is 0 Å². The second-order valence-corrected chi connectivity index (χ2v) is 14.5. The van der Waals surface area contributed by atoms with Gasteiger partial charge in [0.25, 0.3) is 0 Å². The van der Waals surface area contributed by atoms with Gasteiger partial charge in [0, 0.05) is 34.1 Å². The van der Waals surface area contributed by atoms with Crippen LogP contribution in [0.1, 0.15) is 40.7 Å². The zero-order chi connectivity index (χ0) is 36.4. The first-order valence-electron chi connectivity index (χ1n) is 19.1. The Morgan fingerprint density at radius 2 is 0.741 bits per heavy atom. The van der Waals surface area contributed by atoms with Crippen molar-refractivity contribution >= 4 is 34.1 Å². The second-order valence-electron chi connectivity index (χ2n) is 14.5. The molecule has 2 aliphatic rings. The molecule has 0 unspecified atom stereocenters. The van der Waals surface area contributed by atoms with E-state index in [9.17, 15) is 5.11 Å². The van der Waals surface area contributed by atoms with Gasteiger partial charge in [-0.1, -0.05) is 72.8 Å². The van der Waals surface area contributed by atoms with Crippen LogP contribution in [0, 0.1) is 0 Å². The minimum Gasteiger partial charge on any atom is -0.497 e. The van der Waals surface area contributed by atoms with Crippen molar-refractivity contribution in [3.8, 4) is 28.0 Å². The lowest BCUT2D eigenvalue weighted by Crippen LogP contribution is -2.10. The highest BCUT2D eigenvalue weighted by atomic mass is 16.5. The topological polar surface area (TPSA) is 35.9 Å². The van der Waals surface area contributed by atoms with Crippen molar-refractivity contribution in [3.05, 3.63) is 186 Å². The molecule has 0 bridgehead atoms. The van der Waals surface area contributed by atoms with Gasteiger partial charge in [-0.25, -0.2) is 0 Å². The van der Waals surface area contributed by atoms with Crippen molar-refractivity contribution < 1.29 is 9.84 Å². The zero-order valence-corrected chi connectivity index (χ0v) is 30.7. The Hall–Kier alpha value is -6.10. The Bertz CT molecular complexity index is 2210. The number of aryl methyl sites for hydroxylation is 4. The normalized spacial score (nSPS) is 13.0. The van der Waals surface area contributed by atoms with Crippen LogP contribution in [-0.4, -0.2) is 12.2 Å². The van der Waals surface area contributed by atoms with Crippen molar-refractivity contribution in [3.63, 3.8) is 0 Å². The summed E-state index contributed by atoms with van der Waals surface area (Å²) in [6.07, 6.45) is 7.08. The Balaban J connectivity index is 0.969. The monoisotopic (exact) mass is 704 g/mol. The molecule has 0 heterocycles. The maximum absolute atomic E-state index is 9.66. The van der Waals surface area contributed by atoms with Crippen molar-refractivity contribution in [2.45, 2.75) is 45.1 Å². The fraction of sp³-hybridized carbons (Fsp3) is 0.160. The van der Waals surface area contributed by atoms with Crippen molar-refractivity contribution in [2.24, 2.45) is 0 Å². The molecule has 7 aromatic carbocycles.